The Morgan fingerprint density at radius 3 is 2.39 bits per heavy atom. The van der Waals surface area contributed by atoms with Gasteiger partial charge in [0.15, 0.2) is 0 Å². The molecule has 7 rings (SSSR count). The van der Waals surface area contributed by atoms with Crippen molar-refractivity contribution in [3.05, 3.63) is 110 Å². The second kappa shape index (κ2) is 20.9. The summed E-state index contributed by atoms with van der Waals surface area (Å²) in [5.74, 6) is -9.81. The van der Waals surface area contributed by atoms with Crippen LogP contribution in [0.25, 0.3) is 22.3 Å². The predicted molar refractivity (Wildman–Crippen MR) is 251 cm³/mol. The van der Waals surface area contributed by atoms with E-state index in [1.807, 2.05) is 24.3 Å². The molecule has 3 atom stereocenters. The molecule has 0 spiro atoms. The maximum atomic E-state index is 16.4. The Hall–Kier alpha value is -6.63. The number of nitrogens with zero attached hydrogens (tertiary/aromatic N) is 4. The van der Waals surface area contributed by atoms with E-state index in [0.717, 1.165) is 20.3 Å². The largest absolute Gasteiger partial charge is 0.457 e. The number of nitrogens with two attached hydrogens (primary N) is 1. The van der Waals surface area contributed by atoms with Gasteiger partial charge in [-0.2, -0.15) is 0 Å². The lowest BCUT2D eigenvalue weighted by Gasteiger charge is -2.37. The predicted octanol–water partition coefficient (Wildman–Crippen LogP) is 5.75. The van der Waals surface area contributed by atoms with Gasteiger partial charge < -0.3 is 30.0 Å². The number of imide groups is 1. The van der Waals surface area contributed by atoms with Crippen molar-refractivity contribution >= 4 is 68.3 Å². The summed E-state index contributed by atoms with van der Waals surface area (Å²) in [6.07, 6.45) is 0.903. The normalized spacial score (nSPS) is 17.0. The monoisotopic (exact) mass is 1010 g/mol. The highest BCUT2D eigenvalue weighted by Gasteiger charge is 2.51. The number of carbonyl (C=O) groups excluding carboxylic acids is 7. The third-order valence-corrected chi connectivity index (χ3v) is 13.3. The van der Waals surface area contributed by atoms with Gasteiger partial charge in [0.1, 0.15) is 18.7 Å². The van der Waals surface area contributed by atoms with Crippen molar-refractivity contribution in [2.75, 3.05) is 13.1 Å². The maximum absolute atomic E-state index is 16.4. The van der Waals surface area contributed by atoms with Gasteiger partial charge in [0, 0.05) is 58.9 Å². The van der Waals surface area contributed by atoms with Crippen LogP contribution in [0, 0.1) is 5.92 Å². The quantitative estimate of drug-likeness (QED) is 0.0513. The van der Waals surface area contributed by atoms with Gasteiger partial charge in [-0.15, -0.1) is 0 Å². The minimum atomic E-state index is -3.86. The highest BCUT2D eigenvalue weighted by atomic mass is 79.9. The minimum Gasteiger partial charge on any atom is -0.457 e. The summed E-state index contributed by atoms with van der Waals surface area (Å²) in [5.41, 5.74) is 6.12. The number of benzene rings is 2. The first-order valence-electron chi connectivity index (χ1n) is 22.9. The number of pyridine rings is 2. The number of ether oxygens (including phenoxy) is 2. The molecule has 2 aromatic carbocycles. The molecule has 0 aliphatic carbocycles. The average molecular weight is 1020 g/mol. The first-order chi connectivity index (χ1) is 32.8. The van der Waals surface area contributed by atoms with Crippen LogP contribution in [0.2, 0.25) is 0 Å². The number of rotatable bonds is 21. The number of primary amides is 1. The van der Waals surface area contributed by atoms with Gasteiger partial charge in [0.05, 0.1) is 42.0 Å². The Labute approximate surface area is 404 Å². The van der Waals surface area contributed by atoms with Crippen LogP contribution in [0.15, 0.2) is 82.1 Å². The van der Waals surface area contributed by atoms with E-state index in [2.05, 4.69) is 21.2 Å². The lowest BCUT2D eigenvalue weighted by Crippen LogP contribution is -2.58. The number of hydrogen-bond acceptors (Lipinski definition) is 11. The SMILES string of the molecule is CC[C@@]1(OC(=O)CCC(F)(F)CN(C(=O)[C@H](Cc2ccccc2)NC(=O)CCCCCN2C(=O)C=CC2=O)[C@@H](CC(C)C)C(N)=O)C(=O)OCc2c1cc1n(c2=O)Cc2cc3c(Br)cccc3nc2-1. The third-order valence-electron chi connectivity index (χ3n) is 12.6. The highest BCUT2D eigenvalue weighted by Crippen LogP contribution is 2.42. The molecule has 0 fully saturated rings. The summed E-state index contributed by atoms with van der Waals surface area (Å²) >= 11 is 3.55. The average Bonchev–Trinajstić information content (AvgIpc) is 3.84. The lowest BCUT2D eigenvalue weighted by molar-refractivity contribution is -0.190. The first-order valence-corrected chi connectivity index (χ1v) is 23.7. The van der Waals surface area contributed by atoms with Gasteiger partial charge in [-0.3, -0.25) is 38.5 Å². The number of carbonyl (C=O) groups is 7. The van der Waals surface area contributed by atoms with Crippen molar-refractivity contribution in [2.24, 2.45) is 11.7 Å². The number of esters is 2. The number of nitrogens with one attached hydrogen (secondary N) is 1. The van der Waals surface area contributed by atoms with Crippen molar-refractivity contribution in [3.63, 3.8) is 0 Å². The fraction of sp³-hybridized carbons (Fsp3) is 0.420. The van der Waals surface area contributed by atoms with Crippen LogP contribution >= 0.6 is 15.9 Å². The van der Waals surface area contributed by atoms with Crippen LogP contribution in [0.1, 0.15) is 94.4 Å². The molecule has 0 bridgehead atoms. The lowest BCUT2D eigenvalue weighted by atomic mass is 9.85. The molecule has 0 saturated carbocycles. The summed E-state index contributed by atoms with van der Waals surface area (Å²) < 4.78 is 46.4. The Kier molecular flexibility index (Phi) is 15.2. The zero-order valence-electron chi connectivity index (χ0n) is 38.4. The fourth-order valence-electron chi connectivity index (χ4n) is 9.07. The Balaban J connectivity index is 1.08. The Bertz CT molecular complexity index is 2780. The van der Waals surface area contributed by atoms with E-state index in [1.165, 1.54) is 23.6 Å². The zero-order chi connectivity index (χ0) is 49.8. The standard InChI is InChI=1S/C50H53BrF2N6O10/c1-4-50(34-25-38-44-31(24-32-35(51)14-11-15-36(32)56-44)26-58(38)46(65)33(34)27-68-48(50)67)69-43(63)19-20-49(52,53)28-59(39(45(54)64)22-29(2)3)47(66)37(23-30-12-7-5-8-13-30)55-40(60)16-9-6-10-21-57-41(61)17-18-42(57)62/h5,7-8,11-15,17-18,24-25,29,37,39H,4,6,9-10,16,19-23,26-28H2,1-3H3,(H2,54,64)(H,55,60)/t37-,39-,50-/m0/s1. The van der Waals surface area contributed by atoms with Crippen LogP contribution in [0.3, 0.4) is 0 Å². The summed E-state index contributed by atoms with van der Waals surface area (Å²) in [6, 6.07) is 14.6. The molecule has 0 unspecified atom stereocenters. The third kappa shape index (κ3) is 11.0. The zero-order valence-corrected chi connectivity index (χ0v) is 40.0. The van der Waals surface area contributed by atoms with Crippen LogP contribution in [-0.2, 0) is 68.2 Å². The molecule has 5 heterocycles. The molecule has 69 heavy (non-hydrogen) atoms. The second-order valence-corrected chi connectivity index (χ2v) is 18.9. The van der Waals surface area contributed by atoms with Gasteiger partial charge in [-0.05, 0) is 61.4 Å². The summed E-state index contributed by atoms with van der Waals surface area (Å²) in [5, 5.41) is 3.51. The molecule has 364 valence electrons. The van der Waals surface area contributed by atoms with Gasteiger partial charge >= 0.3 is 11.9 Å². The number of alkyl halides is 2. The molecule has 2 aromatic heterocycles. The number of cyclic esters (lactones) is 1. The first kappa shape index (κ1) is 50.3. The maximum Gasteiger partial charge on any atom is 0.355 e. The Morgan fingerprint density at radius 2 is 1.71 bits per heavy atom. The number of hydrogen-bond donors (Lipinski definition) is 2. The van der Waals surface area contributed by atoms with E-state index in [9.17, 15) is 38.4 Å². The second-order valence-electron chi connectivity index (χ2n) is 18.0. The number of fused-ring (bicyclic) bond motifs is 5. The van der Waals surface area contributed by atoms with Crippen molar-refractivity contribution in [3.8, 4) is 11.4 Å². The smallest absolute Gasteiger partial charge is 0.355 e. The molecule has 5 amide bonds. The molecule has 3 aliphatic heterocycles. The van der Waals surface area contributed by atoms with Crippen molar-refractivity contribution in [1.29, 1.82) is 0 Å². The molecule has 16 nitrogen and oxygen atoms in total. The summed E-state index contributed by atoms with van der Waals surface area (Å²) in [6.45, 7) is 3.56. The van der Waals surface area contributed by atoms with Gasteiger partial charge in [0.25, 0.3) is 23.3 Å². The fourth-order valence-corrected chi connectivity index (χ4v) is 9.54. The van der Waals surface area contributed by atoms with Crippen LogP contribution in [0.5, 0.6) is 0 Å². The number of aromatic nitrogens is 2. The van der Waals surface area contributed by atoms with Gasteiger partial charge in [-0.1, -0.05) is 79.5 Å². The molecule has 0 saturated heterocycles. The Morgan fingerprint density at radius 1 is 0.986 bits per heavy atom. The van der Waals surface area contributed by atoms with E-state index in [4.69, 9.17) is 20.2 Å². The van der Waals surface area contributed by atoms with E-state index in [1.54, 1.807) is 50.2 Å². The summed E-state index contributed by atoms with van der Waals surface area (Å²) in [7, 11) is 0. The minimum absolute atomic E-state index is 0.0653. The molecule has 19 heteroatoms. The van der Waals surface area contributed by atoms with E-state index in [0.29, 0.717) is 46.6 Å². The van der Waals surface area contributed by atoms with Crippen LogP contribution in [0.4, 0.5) is 8.78 Å². The molecule has 3 aliphatic rings. The van der Waals surface area contributed by atoms with E-state index < -0.39 is 96.6 Å². The van der Waals surface area contributed by atoms with Crippen molar-refractivity contribution in [2.45, 2.75) is 115 Å². The topological polar surface area (TPSA) is 217 Å². The number of amides is 5. The number of unbranched alkanes of at least 4 members (excludes halogenated alkanes) is 2. The van der Waals surface area contributed by atoms with Crippen LogP contribution in [-0.4, -0.2) is 91.9 Å². The van der Waals surface area contributed by atoms with Crippen LogP contribution < -0.4 is 16.6 Å². The molecular weight excluding hydrogens is 962 g/mol. The highest BCUT2D eigenvalue weighted by molar-refractivity contribution is 9.10. The molecule has 0 radical (unpaired) electrons. The van der Waals surface area contributed by atoms with E-state index >= 15 is 8.78 Å². The summed E-state index contributed by atoms with van der Waals surface area (Å²) in [4.78, 5) is 113. The van der Waals surface area contributed by atoms with Gasteiger partial charge in [-0.25, -0.2) is 18.6 Å². The van der Waals surface area contributed by atoms with Crippen molar-refractivity contribution in [1.82, 2.24) is 24.7 Å². The molecular formula is C50H53BrF2N6O10. The molecule has 4 aromatic rings. The molecule has 3 N–H and O–H groups in total. The number of halogens is 3. The van der Waals surface area contributed by atoms with Crippen molar-refractivity contribution < 1.29 is 51.8 Å². The van der Waals surface area contributed by atoms with Gasteiger partial charge in [0.2, 0.25) is 23.3 Å². The van der Waals surface area contributed by atoms with E-state index in [-0.39, 0.29) is 55.8 Å².